The van der Waals surface area contributed by atoms with Crippen molar-refractivity contribution in [2.45, 2.75) is 0 Å². The van der Waals surface area contributed by atoms with E-state index >= 15 is 0 Å². The van der Waals surface area contributed by atoms with E-state index in [4.69, 9.17) is 11.6 Å². The second-order valence-electron chi connectivity index (χ2n) is 3.58. The van der Waals surface area contributed by atoms with Crippen LogP contribution in [0.5, 0.6) is 0 Å². The van der Waals surface area contributed by atoms with Gasteiger partial charge >= 0.3 is 0 Å². The number of nitrogens with zero attached hydrogens (tertiary/aromatic N) is 2. The smallest absolute Gasteiger partial charge is 0.0639 e. The number of hydrogen-bond donors (Lipinski definition) is 0. The molecule has 16 heavy (non-hydrogen) atoms. The van der Waals surface area contributed by atoms with Crippen LogP contribution < -0.4 is 4.90 Å². The molecular weight excluding hydrogens is 248 g/mol. The van der Waals surface area contributed by atoms with Crippen LogP contribution in [-0.2, 0) is 11.3 Å². The molecule has 1 atom stereocenters. The zero-order valence-electron chi connectivity index (χ0n) is 8.63. The van der Waals surface area contributed by atoms with Crippen molar-refractivity contribution in [3.63, 3.8) is 0 Å². The van der Waals surface area contributed by atoms with Gasteiger partial charge in [-0.15, -0.1) is 0 Å². The number of halogens is 1. The molecule has 4 nitrogen and oxygen atoms in total. The Balaban J connectivity index is 2.05. The average molecular weight is 260 g/mol. The van der Waals surface area contributed by atoms with Gasteiger partial charge in [0.05, 0.1) is 10.7 Å². The van der Waals surface area contributed by atoms with Crippen molar-refractivity contribution in [2.75, 3.05) is 31.1 Å². The number of benzene rings is 1. The monoisotopic (exact) mass is 259 g/mol. The van der Waals surface area contributed by atoms with Gasteiger partial charge in [0.25, 0.3) is 0 Å². The molecule has 0 amide bonds. The summed E-state index contributed by atoms with van der Waals surface area (Å²) in [6.07, 6.45) is 0. The van der Waals surface area contributed by atoms with Gasteiger partial charge in [-0.2, -0.15) is 0 Å². The maximum absolute atomic E-state index is 10.7. The van der Waals surface area contributed by atoms with Crippen molar-refractivity contribution in [2.24, 2.45) is 0 Å². The van der Waals surface area contributed by atoms with Gasteiger partial charge in [0.1, 0.15) is 0 Å². The van der Waals surface area contributed by atoms with Crippen LogP contribution in [0.3, 0.4) is 0 Å². The fourth-order valence-corrected chi connectivity index (χ4v) is 2.50. The van der Waals surface area contributed by atoms with E-state index in [1.165, 1.54) is 4.31 Å². The lowest BCUT2D eigenvalue weighted by Crippen LogP contribution is -2.46. The minimum Gasteiger partial charge on any atom is -0.760 e. The lowest BCUT2D eigenvalue weighted by molar-refractivity contribution is 0.366. The maximum atomic E-state index is 10.7. The highest BCUT2D eigenvalue weighted by Crippen LogP contribution is 2.25. The van der Waals surface area contributed by atoms with E-state index < -0.39 is 11.3 Å². The van der Waals surface area contributed by atoms with Crippen LogP contribution in [0.4, 0.5) is 5.69 Å². The van der Waals surface area contributed by atoms with Gasteiger partial charge in [0.2, 0.25) is 0 Å². The van der Waals surface area contributed by atoms with Crippen LogP contribution in [0.15, 0.2) is 24.3 Å². The molecule has 0 N–H and O–H groups in total. The normalized spacial score (nSPS) is 19.8. The molecule has 1 unspecified atom stereocenters. The topological polar surface area (TPSA) is 46.6 Å². The van der Waals surface area contributed by atoms with Crippen molar-refractivity contribution < 1.29 is 8.76 Å². The van der Waals surface area contributed by atoms with Gasteiger partial charge in [-0.25, -0.2) is 4.31 Å². The summed E-state index contributed by atoms with van der Waals surface area (Å²) in [6.45, 7) is 2.39. The number of hydrogen-bond acceptors (Lipinski definition) is 3. The molecule has 1 saturated heterocycles. The van der Waals surface area contributed by atoms with Crippen molar-refractivity contribution in [3.8, 4) is 0 Å². The first-order valence-electron chi connectivity index (χ1n) is 5.02. The third-order valence-electron chi connectivity index (χ3n) is 2.64. The highest BCUT2D eigenvalue weighted by molar-refractivity contribution is 7.76. The van der Waals surface area contributed by atoms with E-state index in [9.17, 15) is 8.76 Å². The summed E-state index contributed by atoms with van der Waals surface area (Å²) in [4.78, 5) is 2.10. The van der Waals surface area contributed by atoms with Gasteiger partial charge < -0.3 is 9.45 Å². The van der Waals surface area contributed by atoms with Gasteiger partial charge in [0, 0.05) is 37.4 Å². The average Bonchev–Trinajstić information content (AvgIpc) is 2.30. The predicted octanol–water partition coefficient (Wildman–Crippen LogP) is 1.26. The highest BCUT2D eigenvalue weighted by atomic mass is 35.5. The molecule has 2 rings (SSSR count). The standard InChI is InChI=1S/C10H13ClN2O2S/c11-9-3-1-2-4-10(9)12-5-7-13(8-6-12)16(14)15/h1-4H,5-8H2,(H,14,15)/p-1. The van der Waals surface area contributed by atoms with Crippen LogP contribution in [0.1, 0.15) is 0 Å². The van der Waals surface area contributed by atoms with E-state index in [1.54, 1.807) is 0 Å². The summed E-state index contributed by atoms with van der Waals surface area (Å²) >= 11 is 3.97. The molecule has 1 heterocycles. The van der Waals surface area contributed by atoms with Crippen LogP contribution in [0.25, 0.3) is 0 Å². The van der Waals surface area contributed by atoms with Gasteiger partial charge in [-0.1, -0.05) is 23.7 Å². The molecule has 1 aromatic carbocycles. The summed E-state index contributed by atoms with van der Waals surface area (Å²) < 4.78 is 22.9. The molecule has 0 bridgehead atoms. The first-order valence-corrected chi connectivity index (χ1v) is 6.43. The fraction of sp³-hybridized carbons (Fsp3) is 0.400. The molecule has 0 radical (unpaired) electrons. The van der Waals surface area contributed by atoms with E-state index in [2.05, 4.69) is 4.90 Å². The molecule has 1 fully saturated rings. The van der Waals surface area contributed by atoms with Crippen molar-refractivity contribution in [1.29, 1.82) is 0 Å². The van der Waals surface area contributed by atoms with Gasteiger partial charge in [-0.05, 0) is 12.1 Å². The first-order chi connectivity index (χ1) is 7.68. The van der Waals surface area contributed by atoms with Gasteiger partial charge in [-0.3, -0.25) is 4.21 Å². The van der Waals surface area contributed by atoms with E-state index in [0.29, 0.717) is 31.2 Å². The summed E-state index contributed by atoms with van der Waals surface area (Å²) in [5.41, 5.74) is 0.973. The molecule has 0 aromatic heterocycles. The fourth-order valence-electron chi connectivity index (χ4n) is 1.79. The predicted molar refractivity (Wildman–Crippen MR) is 64.2 cm³/mol. The SMILES string of the molecule is O=S([O-])N1CCN(c2ccccc2Cl)CC1. The summed E-state index contributed by atoms with van der Waals surface area (Å²) in [5, 5.41) is 0.708. The quantitative estimate of drug-likeness (QED) is 0.751. The molecular formula is C10H12ClN2O2S-. The number of para-hydroxylation sites is 1. The number of piperazine rings is 1. The van der Waals surface area contributed by atoms with Crippen molar-refractivity contribution in [3.05, 3.63) is 29.3 Å². The van der Waals surface area contributed by atoms with E-state index in [-0.39, 0.29) is 0 Å². The molecule has 6 heteroatoms. The Morgan fingerprint density at radius 2 is 1.81 bits per heavy atom. The van der Waals surface area contributed by atoms with Crippen LogP contribution >= 0.6 is 11.6 Å². The third kappa shape index (κ3) is 2.55. The Hall–Kier alpha value is -0.620. The van der Waals surface area contributed by atoms with E-state index in [1.807, 2.05) is 24.3 Å². The molecule has 88 valence electrons. The lowest BCUT2D eigenvalue weighted by Gasteiger charge is -2.36. The summed E-state index contributed by atoms with van der Waals surface area (Å²) in [5.74, 6) is 0. The van der Waals surface area contributed by atoms with Crippen molar-refractivity contribution in [1.82, 2.24) is 4.31 Å². The van der Waals surface area contributed by atoms with Crippen LogP contribution in [-0.4, -0.2) is 39.2 Å². The second kappa shape index (κ2) is 5.14. The number of rotatable bonds is 2. The molecule has 0 spiro atoms. The Morgan fingerprint density at radius 3 is 2.38 bits per heavy atom. The van der Waals surface area contributed by atoms with Crippen LogP contribution in [0, 0.1) is 0 Å². The Kier molecular flexibility index (Phi) is 3.81. The molecule has 1 aliphatic rings. The zero-order chi connectivity index (χ0) is 11.5. The minimum atomic E-state index is -2.11. The lowest BCUT2D eigenvalue weighted by atomic mass is 10.2. The minimum absolute atomic E-state index is 0.515. The van der Waals surface area contributed by atoms with Gasteiger partial charge in [0.15, 0.2) is 0 Å². The highest BCUT2D eigenvalue weighted by Gasteiger charge is 2.18. The Bertz CT molecular complexity index is 394. The maximum Gasteiger partial charge on any atom is 0.0639 e. The summed E-state index contributed by atoms with van der Waals surface area (Å²) in [7, 11) is 0. The Morgan fingerprint density at radius 1 is 1.19 bits per heavy atom. The van der Waals surface area contributed by atoms with Crippen molar-refractivity contribution >= 4 is 28.6 Å². The largest absolute Gasteiger partial charge is 0.760 e. The van der Waals surface area contributed by atoms with E-state index in [0.717, 1.165) is 5.69 Å². The third-order valence-corrected chi connectivity index (χ3v) is 3.75. The Labute approximate surface area is 102 Å². The molecule has 1 aliphatic heterocycles. The number of anilines is 1. The molecule has 0 saturated carbocycles. The molecule has 0 aliphatic carbocycles. The molecule has 1 aromatic rings. The zero-order valence-corrected chi connectivity index (χ0v) is 10.2. The summed E-state index contributed by atoms with van der Waals surface area (Å²) in [6, 6.07) is 7.61. The first kappa shape index (κ1) is 11.9. The van der Waals surface area contributed by atoms with Crippen LogP contribution in [0.2, 0.25) is 5.02 Å². The second-order valence-corrected chi connectivity index (χ2v) is 4.94.